The van der Waals surface area contributed by atoms with Gasteiger partial charge in [-0.3, -0.25) is 14.9 Å². The molecule has 0 aliphatic heterocycles. The van der Waals surface area contributed by atoms with Gasteiger partial charge in [-0.1, -0.05) is 30.3 Å². The predicted octanol–water partition coefficient (Wildman–Crippen LogP) is 4.66. The highest BCUT2D eigenvalue weighted by atomic mass is 32.2. The van der Waals surface area contributed by atoms with Gasteiger partial charge in [0.05, 0.1) is 15.3 Å². The Labute approximate surface area is 173 Å². The van der Waals surface area contributed by atoms with Gasteiger partial charge in [0.2, 0.25) is 5.91 Å². The SMILES string of the molecule is NC(=O)c1ccc(CSc2nc(-c3cccs3)nc3ccccc23)c([N+](=O)[O-])c1. The highest BCUT2D eigenvalue weighted by Gasteiger charge is 2.18. The fourth-order valence-electron chi connectivity index (χ4n) is 2.83. The van der Waals surface area contributed by atoms with Crippen molar-refractivity contribution in [1.29, 1.82) is 0 Å². The summed E-state index contributed by atoms with van der Waals surface area (Å²) >= 11 is 2.94. The van der Waals surface area contributed by atoms with Crippen molar-refractivity contribution in [1.82, 2.24) is 9.97 Å². The van der Waals surface area contributed by atoms with Gasteiger partial charge in [-0.2, -0.15) is 0 Å². The highest BCUT2D eigenvalue weighted by Crippen LogP contribution is 2.33. The van der Waals surface area contributed by atoms with Crippen LogP contribution in [-0.2, 0) is 5.75 Å². The molecule has 9 heteroatoms. The first-order valence-corrected chi connectivity index (χ1v) is 10.4. The summed E-state index contributed by atoms with van der Waals surface area (Å²) in [5.41, 5.74) is 6.52. The van der Waals surface area contributed by atoms with Crippen molar-refractivity contribution in [3.05, 3.63) is 81.2 Å². The Morgan fingerprint density at radius 2 is 1.97 bits per heavy atom. The first kappa shape index (κ1) is 19.0. The van der Waals surface area contributed by atoms with E-state index in [1.165, 1.54) is 23.9 Å². The third-order valence-corrected chi connectivity index (χ3v) is 6.15. The van der Waals surface area contributed by atoms with Crippen LogP contribution < -0.4 is 5.73 Å². The van der Waals surface area contributed by atoms with Crippen LogP contribution in [0.25, 0.3) is 21.6 Å². The molecule has 7 nitrogen and oxygen atoms in total. The molecule has 1 amide bonds. The van der Waals surface area contributed by atoms with E-state index in [1.807, 2.05) is 41.8 Å². The maximum absolute atomic E-state index is 11.4. The normalized spacial score (nSPS) is 10.9. The van der Waals surface area contributed by atoms with E-state index in [0.29, 0.717) is 17.1 Å². The predicted molar refractivity (Wildman–Crippen MR) is 114 cm³/mol. The van der Waals surface area contributed by atoms with Crippen molar-refractivity contribution in [2.75, 3.05) is 0 Å². The Kier molecular flexibility index (Phi) is 5.24. The lowest BCUT2D eigenvalue weighted by molar-refractivity contribution is -0.385. The molecular weight excluding hydrogens is 408 g/mol. The van der Waals surface area contributed by atoms with Gasteiger partial charge in [-0.15, -0.1) is 23.1 Å². The summed E-state index contributed by atoms with van der Waals surface area (Å²) < 4.78 is 0. The lowest BCUT2D eigenvalue weighted by Gasteiger charge is -2.08. The number of thioether (sulfide) groups is 1. The van der Waals surface area contributed by atoms with E-state index < -0.39 is 10.8 Å². The number of hydrogen-bond donors (Lipinski definition) is 1. The number of amides is 1. The molecule has 0 fully saturated rings. The number of thiophene rings is 1. The Balaban J connectivity index is 1.72. The smallest absolute Gasteiger partial charge is 0.274 e. The van der Waals surface area contributed by atoms with Crippen LogP contribution in [0.2, 0.25) is 0 Å². The van der Waals surface area contributed by atoms with Crippen LogP contribution in [-0.4, -0.2) is 20.8 Å². The molecule has 144 valence electrons. The van der Waals surface area contributed by atoms with E-state index in [2.05, 4.69) is 4.98 Å². The largest absolute Gasteiger partial charge is 0.366 e. The number of hydrogen-bond acceptors (Lipinski definition) is 7. The van der Waals surface area contributed by atoms with Crippen molar-refractivity contribution in [3.8, 4) is 10.7 Å². The number of para-hydroxylation sites is 1. The van der Waals surface area contributed by atoms with Gasteiger partial charge in [0.1, 0.15) is 5.03 Å². The summed E-state index contributed by atoms with van der Waals surface area (Å²) in [4.78, 5) is 32.6. The van der Waals surface area contributed by atoms with Crippen LogP contribution in [0.5, 0.6) is 0 Å². The van der Waals surface area contributed by atoms with E-state index in [1.54, 1.807) is 17.4 Å². The molecule has 0 spiro atoms. The van der Waals surface area contributed by atoms with Gasteiger partial charge in [0.15, 0.2) is 5.82 Å². The van der Waals surface area contributed by atoms with Crippen LogP contribution in [0.15, 0.2) is 65.0 Å². The van der Waals surface area contributed by atoms with E-state index in [4.69, 9.17) is 10.7 Å². The number of fused-ring (bicyclic) bond motifs is 1. The third-order valence-electron chi connectivity index (χ3n) is 4.24. The third kappa shape index (κ3) is 3.96. The van der Waals surface area contributed by atoms with Crippen LogP contribution in [0, 0.1) is 10.1 Å². The van der Waals surface area contributed by atoms with Crippen molar-refractivity contribution in [2.45, 2.75) is 10.8 Å². The molecule has 0 aliphatic rings. The molecule has 0 saturated carbocycles. The number of carbonyl (C=O) groups is 1. The number of primary amides is 1. The minimum Gasteiger partial charge on any atom is -0.366 e. The molecule has 29 heavy (non-hydrogen) atoms. The number of nitro groups is 1. The Bertz CT molecular complexity index is 1230. The topological polar surface area (TPSA) is 112 Å². The van der Waals surface area contributed by atoms with Crippen molar-refractivity contribution in [2.24, 2.45) is 5.73 Å². The van der Waals surface area contributed by atoms with Gasteiger partial charge in [0.25, 0.3) is 5.69 Å². The number of nitro benzene ring substituents is 1. The maximum Gasteiger partial charge on any atom is 0.274 e. The van der Waals surface area contributed by atoms with Gasteiger partial charge in [0, 0.05) is 28.3 Å². The molecule has 0 radical (unpaired) electrons. The average Bonchev–Trinajstić information content (AvgIpc) is 3.26. The van der Waals surface area contributed by atoms with E-state index in [-0.39, 0.29) is 11.3 Å². The number of carbonyl (C=O) groups excluding carboxylic acids is 1. The van der Waals surface area contributed by atoms with Crippen molar-refractivity contribution < 1.29 is 9.72 Å². The molecule has 4 rings (SSSR count). The quantitative estimate of drug-likeness (QED) is 0.209. The number of rotatable bonds is 6. The van der Waals surface area contributed by atoms with Gasteiger partial charge >= 0.3 is 0 Å². The standard InChI is InChI=1S/C20H14N4O3S2/c21-18(25)12-7-8-13(16(10-12)24(26)27)11-29-20-14-4-1-2-5-15(14)22-19(23-20)17-6-3-9-28-17/h1-10H,11H2,(H2,21,25). The Morgan fingerprint density at radius 1 is 1.14 bits per heavy atom. The van der Waals surface area contributed by atoms with Crippen LogP contribution in [0.1, 0.15) is 15.9 Å². The lowest BCUT2D eigenvalue weighted by atomic mass is 10.1. The summed E-state index contributed by atoms with van der Waals surface area (Å²) in [6, 6.07) is 15.8. The summed E-state index contributed by atoms with van der Waals surface area (Å²) in [5.74, 6) is 0.245. The van der Waals surface area contributed by atoms with Gasteiger partial charge < -0.3 is 5.73 Å². The van der Waals surface area contributed by atoms with Crippen LogP contribution in [0.4, 0.5) is 5.69 Å². The second-order valence-corrected chi connectivity index (χ2v) is 8.01. The average molecular weight is 422 g/mol. The monoisotopic (exact) mass is 422 g/mol. The molecular formula is C20H14N4O3S2. The fourth-order valence-corrected chi connectivity index (χ4v) is 4.50. The maximum atomic E-state index is 11.4. The van der Waals surface area contributed by atoms with E-state index in [0.717, 1.165) is 20.8 Å². The van der Waals surface area contributed by atoms with Gasteiger partial charge in [-0.05, 0) is 23.6 Å². The number of benzene rings is 2. The number of nitrogens with zero attached hydrogens (tertiary/aromatic N) is 3. The second-order valence-electron chi connectivity index (χ2n) is 6.10. The number of aromatic nitrogens is 2. The van der Waals surface area contributed by atoms with Crippen molar-refractivity contribution >= 4 is 45.6 Å². The minimum absolute atomic E-state index is 0.109. The molecule has 0 unspecified atom stereocenters. The first-order chi connectivity index (χ1) is 14.0. The molecule has 0 saturated heterocycles. The zero-order valence-electron chi connectivity index (χ0n) is 14.9. The van der Waals surface area contributed by atoms with Crippen molar-refractivity contribution in [3.63, 3.8) is 0 Å². The van der Waals surface area contributed by atoms with E-state index in [9.17, 15) is 14.9 Å². The second kappa shape index (κ2) is 7.98. The molecule has 0 atom stereocenters. The fraction of sp³-hybridized carbons (Fsp3) is 0.0500. The zero-order valence-corrected chi connectivity index (χ0v) is 16.6. The van der Waals surface area contributed by atoms with E-state index >= 15 is 0 Å². The van der Waals surface area contributed by atoms with Crippen LogP contribution in [0.3, 0.4) is 0 Å². The zero-order chi connectivity index (χ0) is 20.4. The highest BCUT2D eigenvalue weighted by molar-refractivity contribution is 7.98. The summed E-state index contributed by atoms with van der Waals surface area (Å²) in [7, 11) is 0. The molecule has 2 heterocycles. The molecule has 2 aromatic heterocycles. The number of nitrogens with two attached hydrogens (primary N) is 1. The summed E-state index contributed by atoms with van der Waals surface area (Å²) in [6.07, 6.45) is 0. The van der Waals surface area contributed by atoms with Gasteiger partial charge in [-0.25, -0.2) is 9.97 Å². The summed E-state index contributed by atoms with van der Waals surface area (Å²) in [5, 5.41) is 15.0. The Hall–Kier alpha value is -3.30. The summed E-state index contributed by atoms with van der Waals surface area (Å²) in [6.45, 7) is 0. The first-order valence-electron chi connectivity index (χ1n) is 8.53. The molecule has 4 aromatic rings. The molecule has 2 N–H and O–H groups in total. The van der Waals surface area contributed by atoms with Crippen LogP contribution >= 0.6 is 23.1 Å². The molecule has 0 bridgehead atoms. The lowest BCUT2D eigenvalue weighted by Crippen LogP contribution is -2.11. The molecule has 0 aliphatic carbocycles. The Morgan fingerprint density at radius 3 is 2.69 bits per heavy atom. The molecule has 2 aromatic carbocycles. The minimum atomic E-state index is -0.699.